The zero-order valence-electron chi connectivity index (χ0n) is 17.8. The Bertz CT molecular complexity index is 1310. The van der Waals surface area contributed by atoms with Crippen LogP contribution in [-0.4, -0.2) is 37.9 Å². The lowest BCUT2D eigenvalue weighted by Crippen LogP contribution is -2.06. The third-order valence-corrected chi connectivity index (χ3v) is 5.23. The van der Waals surface area contributed by atoms with Gasteiger partial charge in [-0.2, -0.15) is 5.10 Å². The molecule has 5 rings (SSSR count). The van der Waals surface area contributed by atoms with E-state index in [-0.39, 0.29) is 0 Å². The molecule has 0 radical (unpaired) electrons. The predicted molar refractivity (Wildman–Crippen MR) is 122 cm³/mol. The van der Waals surface area contributed by atoms with Crippen LogP contribution in [0.15, 0.2) is 85.5 Å². The van der Waals surface area contributed by atoms with Gasteiger partial charge in [-0.1, -0.05) is 18.2 Å². The molecule has 0 atom stereocenters. The molecule has 0 unspecified atom stereocenters. The highest BCUT2D eigenvalue weighted by atomic mass is 16.5. The van der Waals surface area contributed by atoms with E-state index in [1.807, 2.05) is 75.9 Å². The summed E-state index contributed by atoms with van der Waals surface area (Å²) < 4.78 is 15.1. The summed E-state index contributed by atoms with van der Waals surface area (Å²) in [5.41, 5.74) is 3.97. The third-order valence-electron chi connectivity index (χ3n) is 5.23. The van der Waals surface area contributed by atoms with Crippen molar-refractivity contribution in [3.63, 3.8) is 0 Å². The predicted octanol–water partition coefficient (Wildman–Crippen LogP) is 4.27. The number of fused-ring (bicyclic) bond motifs is 1. The lowest BCUT2D eigenvalue weighted by atomic mass is 10.1. The van der Waals surface area contributed by atoms with Gasteiger partial charge in [-0.3, -0.25) is 0 Å². The maximum absolute atomic E-state index is 5.91. The van der Waals surface area contributed by atoms with Crippen molar-refractivity contribution in [2.24, 2.45) is 0 Å². The Hall–Kier alpha value is -4.13. The van der Waals surface area contributed by atoms with Gasteiger partial charge in [0.25, 0.3) is 0 Å². The Labute approximate surface area is 185 Å². The van der Waals surface area contributed by atoms with Gasteiger partial charge in [0.1, 0.15) is 18.1 Å². The van der Waals surface area contributed by atoms with E-state index in [4.69, 9.17) is 19.6 Å². The first kappa shape index (κ1) is 19.8. The van der Waals surface area contributed by atoms with E-state index in [2.05, 4.69) is 11.1 Å². The van der Waals surface area contributed by atoms with Crippen LogP contribution in [0.3, 0.4) is 0 Å². The topological polar surface area (TPSA) is 66.5 Å². The summed E-state index contributed by atoms with van der Waals surface area (Å²) in [7, 11) is 1.67. The molecule has 0 bridgehead atoms. The smallest absolute Gasteiger partial charge is 0.156 e. The normalized spacial score (nSPS) is 11.0. The van der Waals surface area contributed by atoms with E-state index in [9.17, 15) is 0 Å². The second kappa shape index (κ2) is 8.93. The number of imidazole rings is 1. The monoisotopic (exact) mass is 425 g/mol. The summed E-state index contributed by atoms with van der Waals surface area (Å²) in [6, 6.07) is 22.1. The second-order valence-corrected chi connectivity index (χ2v) is 7.41. The first-order chi connectivity index (χ1) is 15.8. The fourth-order valence-electron chi connectivity index (χ4n) is 3.62. The highest BCUT2D eigenvalue weighted by Crippen LogP contribution is 2.23. The van der Waals surface area contributed by atoms with Crippen LogP contribution in [0.1, 0.15) is 11.4 Å². The van der Waals surface area contributed by atoms with E-state index in [0.29, 0.717) is 13.0 Å². The first-order valence-corrected chi connectivity index (χ1v) is 10.4. The number of hydrogen-bond donors (Lipinski definition) is 0. The molecule has 0 saturated carbocycles. The second-order valence-electron chi connectivity index (χ2n) is 7.41. The van der Waals surface area contributed by atoms with Crippen molar-refractivity contribution < 1.29 is 9.47 Å². The highest BCUT2D eigenvalue weighted by Gasteiger charge is 2.10. The number of nitrogens with zero attached hydrogens (tertiary/aromatic N) is 5. The van der Waals surface area contributed by atoms with Crippen LogP contribution in [0, 0.1) is 0 Å². The maximum Gasteiger partial charge on any atom is 0.156 e. The summed E-state index contributed by atoms with van der Waals surface area (Å²) >= 11 is 0. The number of rotatable bonds is 8. The Kier molecular flexibility index (Phi) is 5.53. The zero-order chi connectivity index (χ0) is 21.8. The van der Waals surface area contributed by atoms with Gasteiger partial charge in [0, 0.05) is 24.4 Å². The van der Waals surface area contributed by atoms with Crippen molar-refractivity contribution >= 4 is 5.65 Å². The third kappa shape index (κ3) is 4.32. The molecule has 0 aliphatic rings. The van der Waals surface area contributed by atoms with Gasteiger partial charge in [-0.05, 0) is 54.1 Å². The Morgan fingerprint density at radius 2 is 1.81 bits per heavy atom. The SMILES string of the molecule is COc1ccc(-c2cccc3nc(Cc4cccc(OCCn5ccnc5)c4)nn23)cc1. The van der Waals surface area contributed by atoms with Gasteiger partial charge >= 0.3 is 0 Å². The first-order valence-electron chi connectivity index (χ1n) is 10.4. The van der Waals surface area contributed by atoms with Gasteiger partial charge < -0.3 is 14.0 Å². The van der Waals surface area contributed by atoms with E-state index in [1.54, 1.807) is 19.6 Å². The minimum absolute atomic E-state index is 0.581. The minimum Gasteiger partial charge on any atom is -0.497 e. The number of methoxy groups -OCH3 is 1. The molecule has 5 aromatic rings. The number of benzene rings is 2. The molecule has 0 saturated heterocycles. The minimum atomic E-state index is 0.581. The number of pyridine rings is 1. The van der Waals surface area contributed by atoms with Crippen molar-refractivity contribution in [3.8, 4) is 22.8 Å². The highest BCUT2D eigenvalue weighted by molar-refractivity contribution is 5.63. The van der Waals surface area contributed by atoms with Crippen molar-refractivity contribution in [2.45, 2.75) is 13.0 Å². The van der Waals surface area contributed by atoms with E-state index in [1.165, 1.54) is 0 Å². The Morgan fingerprint density at radius 3 is 2.62 bits per heavy atom. The fourth-order valence-corrected chi connectivity index (χ4v) is 3.62. The van der Waals surface area contributed by atoms with Gasteiger partial charge in [-0.15, -0.1) is 0 Å². The van der Waals surface area contributed by atoms with Gasteiger partial charge in [0.05, 0.1) is 25.7 Å². The molecule has 2 aromatic carbocycles. The average molecular weight is 425 g/mol. The molecule has 0 aliphatic carbocycles. The van der Waals surface area contributed by atoms with Crippen LogP contribution >= 0.6 is 0 Å². The molecule has 32 heavy (non-hydrogen) atoms. The molecule has 0 N–H and O–H groups in total. The summed E-state index contributed by atoms with van der Waals surface area (Å²) in [4.78, 5) is 8.78. The fraction of sp³-hybridized carbons (Fsp3) is 0.160. The molecule has 0 spiro atoms. The van der Waals surface area contributed by atoms with Gasteiger partial charge in [0.2, 0.25) is 0 Å². The van der Waals surface area contributed by atoms with Crippen LogP contribution in [0.2, 0.25) is 0 Å². The van der Waals surface area contributed by atoms with Crippen molar-refractivity contribution in [1.29, 1.82) is 0 Å². The number of hydrogen-bond acceptors (Lipinski definition) is 5. The lowest BCUT2D eigenvalue weighted by molar-refractivity contribution is 0.298. The van der Waals surface area contributed by atoms with E-state index in [0.717, 1.165) is 46.3 Å². The quantitative estimate of drug-likeness (QED) is 0.371. The van der Waals surface area contributed by atoms with Gasteiger partial charge in [0.15, 0.2) is 11.5 Å². The van der Waals surface area contributed by atoms with E-state index >= 15 is 0 Å². The summed E-state index contributed by atoms with van der Waals surface area (Å²) in [5.74, 6) is 2.43. The standard InChI is InChI=1S/C25H23N5O2/c1-31-21-10-8-20(9-11-21)23-6-3-7-25-27-24(28-30(23)25)17-19-4-2-5-22(16-19)32-15-14-29-13-12-26-18-29/h2-13,16,18H,14-15,17H2,1H3. The lowest BCUT2D eigenvalue weighted by Gasteiger charge is -2.08. The van der Waals surface area contributed by atoms with Crippen LogP contribution in [0.25, 0.3) is 16.9 Å². The largest absolute Gasteiger partial charge is 0.497 e. The molecular formula is C25H23N5O2. The van der Waals surface area contributed by atoms with Gasteiger partial charge in [-0.25, -0.2) is 14.5 Å². The molecule has 0 amide bonds. The molecule has 3 heterocycles. The molecule has 0 fully saturated rings. The molecule has 3 aromatic heterocycles. The molecule has 160 valence electrons. The molecule has 7 heteroatoms. The average Bonchev–Trinajstić information content (AvgIpc) is 3.49. The van der Waals surface area contributed by atoms with Crippen LogP contribution in [0.4, 0.5) is 0 Å². The molecule has 0 aliphatic heterocycles. The molecule has 7 nitrogen and oxygen atoms in total. The van der Waals surface area contributed by atoms with E-state index < -0.39 is 0 Å². The molecular weight excluding hydrogens is 402 g/mol. The summed E-state index contributed by atoms with van der Waals surface area (Å²) in [6.07, 6.45) is 6.11. The maximum atomic E-state index is 5.91. The number of aromatic nitrogens is 5. The van der Waals surface area contributed by atoms with Crippen molar-refractivity contribution in [2.75, 3.05) is 13.7 Å². The number of ether oxygens (including phenoxy) is 2. The van der Waals surface area contributed by atoms with Crippen LogP contribution in [-0.2, 0) is 13.0 Å². The zero-order valence-corrected chi connectivity index (χ0v) is 17.8. The Balaban J connectivity index is 1.33. The van der Waals surface area contributed by atoms with Crippen molar-refractivity contribution in [3.05, 3.63) is 96.8 Å². The summed E-state index contributed by atoms with van der Waals surface area (Å²) in [5, 5.41) is 4.78. The summed E-state index contributed by atoms with van der Waals surface area (Å²) in [6.45, 7) is 1.34. The van der Waals surface area contributed by atoms with Crippen molar-refractivity contribution in [1.82, 2.24) is 24.1 Å². The van der Waals surface area contributed by atoms with Crippen LogP contribution in [0.5, 0.6) is 11.5 Å². The van der Waals surface area contributed by atoms with Crippen LogP contribution < -0.4 is 9.47 Å². The Morgan fingerprint density at radius 1 is 0.938 bits per heavy atom.